The summed E-state index contributed by atoms with van der Waals surface area (Å²) in [5, 5.41) is 7.56. The fourth-order valence-corrected chi connectivity index (χ4v) is 4.03. The minimum absolute atomic E-state index is 0. The average Bonchev–Trinajstić information content (AvgIpc) is 3.11. The molecule has 3 rings (SSSR count). The molecule has 2 aliphatic rings. The van der Waals surface area contributed by atoms with Crippen LogP contribution in [-0.2, 0) is 11.8 Å². The van der Waals surface area contributed by atoms with Gasteiger partial charge in [0.25, 0.3) is 0 Å². The van der Waals surface area contributed by atoms with Crippen molar-refractivity contribution < 1.29 is 4.79 Å². The van der Waals surface area contributed by atoms with Crippen molar-refractivity contribution in [3.05, 3.63) is 12.4 Å². The van der Waals surface area contributed by atoms with Gasteiger partial charge in [-0.05, 0) is 46.1 Å². The monoisotopic (exact) mass is 517 g/mol. The zero-order chi connectivity index (χ0) is 20.1. The summed E-state index contributed by atoms with van der Waals surface area (Å²) in [5.41, 5.74) is 0.866. The second kappa shape index (κ2) is 11.1. The third kappa shape index (κ3) is 6.31. The van der Waals surface area contributed by atoms with Gasteiger partial charge in [-0.3, -0.25) is 14.5 Å². The second-order valence-corrected chi connectivity index (χ2v) is 8.13. The number of aryl methyl sites for hydroxylation is 1. The Morgan fingerprint density at radius 3 is 2.76 bits per heavy atom. The van der Waals surface area contributed by atoms with Crippen LogP contribution in [0.3, 0.4) is 0 Å². The van der Waals surface area contributed by atoms with Crippen LogP contribution < -0.4 is 10.2 Å². The van der Waals surface area contributed by atoms with Crippen LogP contribution in [0.1, 0.15) is 33.6 Å². The summed E-state index contributed by atoms with van der Waals surface area (Å²) in [6.45, 7) is 12.3. The molecule has 0 radical (unpaired) electrons. The lowest BCUT2D eigenvalue weighted by Gasteiger charge is -2.36. The Labute approximate surface area is 191 Å². The van der Waals surface area contributed by atoms with Crippen molar-refractivity contribution in [2.45, 2.75) is 39.7 Å². The van der Waals surface area contributed by atoms with Gasteiger partial charge < -0.3 is 20.0 Å². The van der Waals surface area contributed by atoms with Crippen LogP contribution in [-0.4, -0.2) is 83.3 Å². The number of carbonyl (C=O) groups is 1. The summed E-state index contributed by atoms with van der Waals surface area (Å²) in [6.07, 6.45) is 6.11. The van der Waals surface area contributed by atoms with Crippen molar-refractivity contribution in [2.24, 2.45) is 18.0 Å². The van der Waals surface area contributed by atoms with Crippen molar-refractivity contribution in [3.63, 3.8) is 0 Å². The van der Waals surface area contributed by atoms with E-state index in [0.717, 1.165) is 37.8 Å². The maximum absolute atomic E-state index is 12.7. The van der Waals surface area contributed by atoms with E-state index in [1.807, 2.05) is 18.1 Å². The first-order chi connectivity index (χ1) is 13.5. The quantitative estimate of drug-likeness (QED) is 0.367. The lowest BCUT2D eigenvalue weighted by Crippen LogP contribution is -2.55. The molecule has 1 aromatic rings. The van der Waals surface area contributed by atoms with E-state index in [1.165, 1.54) is 19.4 Å². The van der Waals surface area contributed by atoms with Gasteiger partial charge in [0, 0.05) is 52.0 Å². The summed E-state index contributed by atoms with van der Waals surface area (Å²) >= 11 is 0. The number of carbonyl (C=O) groups excluding carboxylic acids is 1. The molecule has 1 aromatic heterocycles. The molecule has 0 saturated carbocycles. The van der Waals surface area contributed by atoms with Gasteiger partial charge in [0.15, 0.2) is 5.96 Å². The van der Waals surface area contributed by atoms with Gasteiger partial charge in [0.2, 0.25) is 5.91 Å². The summed E-state index contributed by atoms with van der Waals surface area (Å²) in [4.78, 5) is 24.1. The van der Waals surface area contributed by atoms with E-state index in [9.17, 15) is 4.79 Å². The highest BCUT2D eigenvalue weighted by Gasteiger charge is 2.28. The van der Waals surface area contributed by atoms with Crippen molar-refractivity contribution in [1.29, 1.82) is 0 Å². The number of likely N-dealkylation sites (tertiary alicyclic amines) is 1. The number of aliphatic imine (C=N–C) groups is 1. The first kappa shape index (κ1) is 23.9. The molecule has 1 atom stereocenters. The van der Waals surface area contributed by atoms with Crippen molar-refractivity contribution in [3.8, 4) is 0 Å². The van der Waals surface area contributed by atoms with Gasteiger partial charge in [-0.25, -0.2) is 0 Å². The number of anilines is 1. The summed E-state index contributed by atoms with van der Waals surface area (Å²) < 4.78 is 1.73. The number of hydrogen-bond acceptors (Lipinski definition) is 4. The number of rotatable bonds is 5. The van der Waals surface area contributed by atoms with E-state index in [4.69, 9.17) is 4.99 Å². The molecule has 0 bridgehead atoms. The van der Waals surface area contributed by atoms with E-state index in [2.05, 4.69) is 41.0 Å². The molecule has 1 N–H and O–H groups in total. The van der Waals surface area contributed by atoms with Crippen molar-refractivity contribution in [1.82, 2.24) is 24.9 Å². The van der Waals surface area contributed by atoms with E-state index in [-0.39, 0.29) is 29.9 Å². The normalized spacial score (nSPS) is 21.5. The van der Waals surface area contributed by atoms with Gasteiger partial charge in [-0.15, -0.1) is 24.0 Å². The maximum atomic E-state index is 12.7. The second-order valence-electron chi connectivity index (χ2n) is 8.13. The fourth-order valence-electron chi connectivity index (χ4n) is 4.03. The van der Waals surface area contributed by atoms with Gasteiger partial charge >= 0.3 is 0 Å². The molecule has 29 heavy (non-hydrogen) atoms. The van der Waals surface area contributed by atoms with Crippen LogP contribution >= 0.6 is 24.0 Å². The predicted molar refractivity (Wildman–Crippen MR) is 128 cm³/mol. The zero-order valence-corrected chi connectivity index (χ0v) is 20.5. The van der Waals surface area contributed by atoms with Crippen LogP contribution in [0, 0.1) is 5.92 Å². The Balaban J connectivity index is 0.00000300. The summed E-state index contributed by atoms with van der Waals surface area (Å²) in [6, 6.07) is 0.596. The first-order valence-electron chi connectivity index (χ1n) is 10.5. The SMILES string of the molecule is CCNC(=NCC1CCCN(C(C)C)C1)N1CCN(c2cnn(C)c2)C(=O)C1.I. The van der Waals surface area contributed by atoms with E-state index < -0.39 is 0 Å². The Morgan fingerprint density at radius 1 is 1.34 bits per heavy atom. The molecule has 1 amide bonds. The molecule has 0 spiro atoms. The Morgan fingerprint density at radius 2 is 2.14 bits per heavy atom. The maximum Gasteiger partial charge on any atom is 0.246 e. The molecule has 0 aromatic carbocycles. The molecule has 0 aliphatic carbocycles. The molecular weight excluding hydrogens is 481 g/mol. The third-order valence-electron chi connectivity index (χ3n) is 5.64. The molecular formula is C20H36IN7O. The number of nitrogens with one attached hydrogen (secondary N) is 1. The van der Waals surface area contributed by atoms with Gasteiger partial charge in [0.05, 0.1) is 11.9 Å². The smallest absolute Gasteiger partial charge is 0.246 e. The molecule has 2 aliphatic heterocycles. The number of piperidine rings is 1. The van der Waals surface area contributed by atoms with E-state index in [0.29, 0.717) is 25.0 Å². The zero-order valence-electron chi connectivity index (χ0n) is 18.2. The number of piperazine rings is 1. The lowest BCUT2D eigenvalue weighted by molar-refractivity contribution is -0.120. The minimum atomic E-state index is 0. The number of guanidine groups is 1. The molecule has 164 valence electrons. The Hall–Kier alpha value is -1.36. The number of hydrogen-bond donors (Lipinski definition) is 1. The Kier molecular flexibility index (Phi) is 9.19. The summed E-state index contributed by atoms with van der Waals surface area (Å²) in [5.74, 6) is 1.55. The lowest BCUT2D eigenvalue weighted by atomic mass is 9.97. The predicted octanol–water partition coefficient (Wildman–Crippen LogP) is 1.77. The number of aromatic nitrogens is 2. The largest absolute Gasteiger partial charge is 0.357 e. The number of nitrogens with zero attached hydrogens (tertiary/aromatic N) is 6. The average molecular weight is 517 g/mol. The van der Waals surface area contributed by atoms with Crippen LogP contribution in [0.15, 0.2) is 17.4 Å². The molecule has 2 fully saturated rings. The van der Waals surface area contributed by atoms with Crippen LogP contribution in [0.5, 0.6) is 0 Å². The topological polar surface area (TPSA) is 69.0 Å². The van der Waals surface area contributed by atoms with Crippen LogP contribution in [0.25, 0.3) is 0 Å². The van der Waals surface area contributed by atoms with E-state index in [1.54, 1.807) is 10.9 Å². The highest BCUT2D eigenvalue weighted by molar-refractivity contribution is 14.0. The number of amides is 1. The molecule has 3 heterocycles. The van der Waals surface area contributed by atoms with E-state index >= 15 is 0 Å². The standard InChI is InChI=1S/C20H35N7O.HI/c1-5-21-20(22-11-17-7-6-8-25(13-17)16(2)3)26-9-10-27(19(28)15-26)18-12-23-24(4)14-18;/h12,14,16-17H,5-11,13,15H2,1-4H3,(H,21,22);1H. The summed E-state index contributed by atoms with van der Waals surface area (Å²) in [7, 11) is 1.87. The highest BCUT2D eigenvalue weighted by atomic mass is 127. The molecule has 1 unspecified atom stereocenters. The number of halogens is 1. The van der Waals surface area contributed by atoms with Crippen molar-refractivity contribution in [2.75, 3.05) is 50.7 Å². The van der Waals surface area contributed by atoms with Crippen LogP contribution in [0.4, 0.5) is 5.69 Å². The fraction of sp³-hybridized carbons (Fsp3) is 0.750. The van der Waals surface area contributed by atoms with Gasteiger partial charge in [-0.1, -0.05) is 0 Å². The van der Waals surface area contributed by atoms with Gasteiger partial charge in [0.1, 0.15) is 6.54 Å². The first-order valence-corrected chi connectivity index (χ1v) is 10.5. The van der Waals surface area contributed by atoms with Gasteiger partial charge in [-0.2, -0.15) is 5.10 Å². The highest BCUT2D eigenvalue weighted by Crippen LogP contribution is 2.19. The Bertz CT molecular complexity index is 690. The van der Waals surface area contributed by atoms with Crippen LogP contribution in [0.2, 0.25) is 0 Å². The minimum Gasteiger partial charge on any atom is -0.357 e. The molecule has 9 heteroatoms. The van der Waals surface area contributed by atoms with Crippen molar-refractivity contribution >= 4 is 41.5 Å². The molecule has 2 saturated heterocycles. The molecule has 8 nitrogen and oxygen atoms in total. The third-order valence-corrected chi connectivity index (χ3v) is 5.64.